The van der Waals surface area contributed by atoms with Gasteiger partial charge in [-0.3, -0.25) is 5.32 Å². The van der Waals surface area contributed by atoms with Gasteiger partial charge in [-0.2, -0.15) is 0 Å². The van der Waals surface area contributed by atoms with Gasteiger partial charge in [0.15, 0.2) is 0 Å². The molecule has 0 aliphatic heterocycles. The van der Waals surface area contributed by atoms with E-state index in [0.717, 1.165) is 0 Å². The van der Waals surface area contributed by atoms with Crippen molar-refractivity contribution in [3.8, 4) is 17.2 Å². The molecule has 0 saturated carbocycles. The fourth-order valence-corrected chi connectivity index (χ4v) is 2.17. The summed E-state index contributed by atoms with van der Waals surface area (Å²) in [6.45, 7) is 0. The Morgan fingerprint density at radius 1 is 0.769 bits per heavy atom. The number of amides is 1. The molecule has 0 unspecified atom stereocenters. The quantitative estimate of drug-likeness (QED) is 0.544. The van der Waals surface area contributed by atoms with Gasteiger partial charge in [0.2, 0.25) is 0 Å². The molecule has 130 valence electrons. The SMILES string of the molecule is O=C(Nc1ccc(C(=O)Oc2ccccc2)c(O)c1)Oc1ccccc1. The minimum Gasteiger partial charge on any atom is -0.507 e. The minimum atomic E-state index is -0.713. The molecule has 0 spiro atoms. The third-order valence-electron chi connectivity index (χ3n) is 3.37. The molecule has 26 heavy (non-hydrogen) atoms. The number of ether oxygens (including phenoxy) is 2. The van der Waals surface area contributed by atoms with E-state index in [1.807, 2.05) is 0 Å². The molecule has 2 N–H and O–H groups in total. The van der Waals surface area contributed by atoms with E-state index in [0.29, 0.717) is 11.5 Å². The van der Waals surface area contributed by atoms with Crippen molar-refractivity contribution in [1.82, 2.24) is 0 Å². The van der Waals surface area contributed by atoms with Gasteiger partial charge in [0.05, 0.1) is 0 Å². The van der Waals surface area contributed by atoms with Crippen molar-refractivity contribution in [1.29, 1.82) is 0 Å². The maximum atomic E-state index is 12.1. The molecule has 0 bridgehead atoms. The molecule has 6 nitrogen and oxygen atoms in total. The van der Waals surface area contributed by atoms with Crippen molar-refractivity contribution in [2.75, 3.05) is 5.32 Å². The van der Waals surface area contributed by atoms with Gasteiger partial charge < -0.3 is 14.6 Å². The van der Waals surface area contributed by atoms with Crippen LogP contribution in [0.15, 0.2) is 78.9 Å². The summed E-state index contributed by atoms with van der Waals surface area (Å²) >= 11 is 0. The van der Waals surface area contributed by atoms with E-state index in [4.69, 9.17) is 9.47 Å². The van der Waals surface area contributed by atoms with E-state index in [9.17, 15) is 14.7 Å². The second-order valence-corrected chi connectivity index (χ2v) is 5.26. The number of phenolic OH excluding ortho intramolecular Hbond substituents is 1. The lowest BCUT2D eigenvalue weighted by atomic mass is 10.2. The fraction of sp³-hybridized carbons (Fsp3) is 0. The second kappa shape index (κ2) is 7.85. The van der Waals surface area contributed by atoms with Gasteiger partial charge >= 0.3 is 12.1 Å². The van der Waals surface area contributed by atoms with Crippen LogP contribution < -0.4 is 14.8 Å². The number of hydrogen-bond acceptors (Lipinski definition) is 5. The molecule has 0 heterocycles. The summed E-state index contributed by atoms with van der Waals surface area (Å²) in [7, 11) is 0. The Hall–Kier alpha value is -3.80. The zero-order valence-electron chi connectivity index (χ0n) is 13.6. The Labute approximate surface area is 149 Å². The lowest BCUT2D eigenvalue weighted by molar-refractivity contribution is 0.0731. The van der Waals surface area contributed by atoms with E-state index >= 15 is 0 Å². The number of nitrogens with one attached hydrogen (secondary N) is 1. The van der Waals surface area contributed by atoms with E-state index < -0.39 is 12.1 Å². The first-order valence-electron chi connectivity index (χ1n) is 7.76. The van der Waals surface area contributed by atoms with E-state index in [2.05, 4.69) is 5.32 Å². The van der Waals surface area contributed by atoms with Gasteiger partial charge in [-0.05, 0) is 36.4 Å². The average molecular weight is 349 g/mol. The minimum absolute atomic E-state index is 0.0178. The van der Waals surface area contributed by atoms with Crippen LogP contribution >= 0.6 is 0 Å². The maximum absolute atomic E-state index is 12.1. The van der Waals surface area contributed by atoms with Crippen molar-refractivity contribution >= 4 is 17.7 Å². The Kier molecular flexibility index (Phi) is 5.14. The summed E-state index contributed by atoms with van der Waals surface area (Å²) in [4.78, 5) is 24.0. The Morgan fingerprint density at radius 2 is 1.35 bits per heavy atom. The van der Waals surface area contributed by atoms with Crippen LogP contribution in [-0.4, -0.2) is 17.2 Å². The molecule has 3 aromatic rings. The van der Waals surface area contributed by atoms with Gasteiger partial charge in [0, 0.05) is 11.8 Å². The first-order valence-corrected chi connectivity index (χ1v) is 7.76. The highest BCUT2D eigenvalue weighted by Gasteiger charge is 2.15. The first kappa shape index (κ1) is 17.0. The smallest absolute Gasteiger partial charge is 0.417 e. The summed E-state index contributed by atoms with van der Waals surface area (Å²) in [5.41, 5.74) is 0.260. The van der Waals surface area contributed by atoms with Gasteiger partial charge in [-0.25, -0.2) is 9.59 Å². The van der Waals surface area contributed by atoms with Crippen LogP contribution in [0.5, 0.6) is 17.2 Å². The van der Waals surface area contributed by atoms with Crippen molar-refractivity contribution in [2.24, 2.45) is 0 Å². The molecule has 0 aliphatic carbocycles. The third kappa shape index (κ3) is 4.39. The second-order valence-electron chi connectivity index (χ2n) is 5.26. The van der Waals surface area contributed by atoms with Crippen molar-refractivity contribution in [3.05, 3.63) is 84.4 Å². The van der Waals surface area contributed by atoms with Crippen LogP contribution in [0.1, 0.15) is 10.4 Å². The number of carbonyl (C=O) groups excluding carboxylic acids is 2. The lowest BCUT2D eigenvalue weighted by Gasteiger charge is -2.09. The molecule has 0 saturated heterocycles. The lowest BCUT2D eigenvalue weighted by Crippen LogP contribution is -2.17. The van der Waals surface area contributed by atoms with Crippen molar-refractivity contribution < 1.29 is 24.2 Å². The van der Waals surface area contributed by atoms with Gasteiger partial charge in [0.1, 0.15) is 22.8 Å². The highest BCUT2D eigenvalue weighted by molar-refractivity contribution is 5.95. The monoisotopic (exact) mass is 349 g/mol. The highest BCUT2D eigenvalue weighted by atomic mass is 16.6. The normalized spacial score (nSPS) is 10.0. The average Bonchev–Trinajstić information content (AvgIpc) is 2.63. The molecular weight excluding hydrogens is 334 g/mol. The predicted octanol–water partition coefficient (Wildman–Crippen LogP) is 4.22. The molecule has 6 heteroatoms. The summed E-state index contributed by atoms with van der Waals surface area (Å²) in [5, 5.41) is 12.5. The molecule has 0 aromatic heterocycles. The third-order valence-corrected chi connectivity index (χ3v) is 3.37. The van der Waals surface area contributed by atoms with E-state index in [1.165, 1.54) is 18.2 Å². The van der Waals surface area contributed by atoms with Gasteiger partial charge in [-0.1, -0.05) is 36.4 Å². The topological polar surface area (TPSA) is 84.9 Å². The van der Waals surface area contributed by atoms with Crippen LogP contribution in [0, 0.1) is 0 Å². The number of benzene rings is 3. The molecule has 0 fully saturated rings. The van der Waals surface area contributed by atoms with Gasteiger partial charge in [0.25, 0.3) is 0 Å². The number of carbonyl (C=O) groups is 2. The summed E-state index contributed by atoms with van der Waals surface area (Å²) in [6.07, 6.45) is -0.713. The number of rotatable bonds is 4. The van der Waals surface area contributed by atoms with Crippen LogP contribution in [0.25, 0.3) is 0 Å². The molecule has 0 aliphatic rings. The maximum Gasteiger partial charge on any atom is 0.417 e. The number of phenols is 1. The molecular formula is C20H15NO5. The summed E-state index contributed by atoms with van der Waals surface area (Å²) in [5.74, 6) is -0.265. The van der Waals surface area contributed by atoms with Gasteiger partial charge in [-0.15, -0.1) is 0 Å². The zero-order chi connectivity index (χ0) is 18.4. The summed E-state index contributed by atoms with van der Waals surface area (Å²) < 4.78 is 10.3. The van der Waals surface area contributed by atoms with E-state index in [1.54, 1.807) is 60.7 Å². The number of anilines is 1. The number of para-hydroxylation sites is 2. The number of aromatic hydroxyl groups is 1. The largest absolute Gasteiger partial charge is 0.507 e. The van der Waals surface area contributed by atoms with Crippen LogP contribution in [0.4, 0.5) is 10.5 Å². The Balaban J connectivity index is 1.65. The van der Waals surface area contributed by atoms with Crippen LogP contribution in [-0.2, 0) is 0 Å². The van der Waals surface area contributed by atoms with Crippen LogP contribution in [0.2, 0.25) is 0 Å². The number of esters is 1. The molecule has 1 amide bonds. The first-order chi connectivity index (χ1) is 12.6. The highest BCUT2D eigenvalue weighted by Crippen LogP contribution is 2.24. The molecule has 0 radical (unpaired) electrons. The molecule has 0 atom stereocenters. The van der Waals surface area contributed by atoms with Crippen LogP contribution in [0.3, 0.4) is 0 Å². The Bertz CT molecular complexity index is 910. The number of hydrogen-bond donors (Lipinski definition) is 2. The Morgan fingerprint density at radius 3 is 1.92 bits per heavy atom. The van der Waals surface area contributed by atoms with Crippen molar-refractivity contribution in [2.45, 2.75) is 0 Å². The van der Waals surface area contributed by atoms with E-state index in [-0.39, 0.29) is 17.0 Å². The molecule has 3 aromatic carbocycles. The fourth-order valence-electron chi connectivity index (χ4n) is 2.17. The van der Waals surface area contributed by atoms with Crippen molar-refractivity contribution in [3.63, 3.8) is 0 Å². The predicted molar refractivity (Wildman–Crippen MR) is 95.6 cm³/mol. The standard InChI is InChI=1S/C20H15NO5/c22-18-13-14(21-20(24)26-16-9-5-2-6-10-16)11-12-17(18)19(23)25-15-7-3-1-4-8-15/h1-13,22H,(H,21,24). The molecule has 3 rings (SSSR count). The summed E-state index contributed by atoms with van der Waals surface area (Å²) in [6, 6.07) is 21.1. The zero-order valence-corrected chi connectivity index (χ0v) is 13.6.